The highest BCUT2D eigenvalue weighted by atomic mass is 35.5. The predicted molar refractivity (Wildman–Crippen MR) is 71.3 cm³/mol. The number of methoxy groups -OCH3 is 1. The van der Waals surface area contributed by atoms with Gasteiger partial charge in [0.15, 0.2) is 0 Å². The molecular formula is C12H15Cl2NO3. The van der Waals surface area contributed by atoms with Gasteiger partial charge in [0.2, 0.25) is 0 Å². The second-order valence-electron chi connectivity index (χ2n) is 3.80. The van der Waals surface area contributed by atoms with E-state index in [4.69, 9.17) is 33.0 Å². The van der Waals surface area contributed by atoms with Crippen LogP contribution >= 0.6 is 23.2 Å². The highest BCUT2D eigenvalue weighted by Gasteiger charge is 2.14. The van der Waals surface area contributed by atoms with E-state index in [0.717, 1.165) is 0 Å². The molecule has 0 spiro atoms. The predicted octanol–water partition coefficient (Wildman–Crippen LogP) is 2.12. The molecule has 0 aliphatic rings. The van der Waals surface area contributed by atoms with E-state index in [9.17, 15) is 4.79 Å². The molecule has 0 radical (unpaired) electrons. The van der Waals surface area contributed by atoms with Crippen molar-refractivity contribution in [3.8, 4) is 0 Å². The maximum Gasteiger partial charge on any atom is 0.251 e. The van der Waals surface area contributed by atoms with E-state index in [2.05, 4.69) is 5.32 Å². The molecule has 0 saturated heterocycles. The number of aliphatic hydroxyl groups excluding tert-OH is 1. The van der Waals surface area contributed by atoms with Gasteiger partial charge in [0.25, 0.3) is 5.91 Å². The van der Waals surface area contributed by atoms with Crippen LogP contribution in [-0.4, -0.2) is 37.4 Å². The highest BCUT2D eigenvalue weighted by molar-refractivity contribution is 6.35. The summed E-state index contributed by atoms with van der Waals surface area (Å²) in [5.41, 5.74) is 0.381. The van der Waals surface area contributed by atoms with E-state index in [-0.39, 0.29) is 18.6 Å². The number of rotatable bonds is 6. The van der Waals surface area contributed by atoms with Crippen molar-refractivity contribution < 1.29 is 14.6 Å². The number of aliphatic hydroxyl groups is 1. The lowest BCUT2D eigenvalue weighted by Gasteiger charge is -2.17. The quantitative estimate of drug-likeness (QED) is 0.844. The summed E-state index contributed by atoms with van der Waals surface area (Å²) in [6, 6.07) is 4.38. The number of nitrogens with one attached hydrogen (secondary N) is 1. The molecule has 18 heavy (non-hydrogen) atoms. The average molecular weight is 292 g/mol. The van der Waals surface area contributed by atoms with Crippen LogP contribution in [0.25, 0.3) is 0 Å². The third-order valence-electron chi connectivity index (χ3n) is 2.31. The van der Waals surface area contributed by atoms with Gasteiger partial charge >= 0.3 is 0 Å². The smallest absolute Gasteiger partial charge is 0.251 e. The number of hydrogen-bond donors (Lipinski definition) is 2. The van der Waals surface area contributed by atoms with E-state index in [1.54, 1.807) is 6.07 Å². The molecule has 0 fully saturated rings. The summed E-state index contributed by atoms with van der Waals surface area (Å²) < 4.78 is 4.96. The Hall–Kier alpha value is -0.810. The van der Waals surface area contributed by atoms with Gasteiger partial charge in [-0.3, -0.25) is 4.79 Å². The minimum atomic E-state index is -0.296. The second kappa shape index (κ2) is 7.59. The van der Waals surface area contributed by atoms with Crippen molar-refractivity contribution in [3.05, 3.63) is 33.8 Å². The number of hydrogen-bond acceptors (Lipinski definition) is 3. The fourth-order valence-electron chi connectivity index (χ4n) is 1.51. The van der Waals surface area contributed by atoms with E-state index < -0.39 is 0 Å². The summed E-state index contributed by atoms with van der Waals surface area (Å²) in [4.78, 5) is 11.9. The van der Waals surface area contributed by atoms with Gasteiger partial charge in [-0.25, -0.2) is 0 Å². The molecule has 1 aromatic carbocycles. The minimum Gasteiger partial charge on any atom is -0.396 e. The molecule has 6 heteroatoms. The van der Waals surface area contributed by atoms with Crippen LogP contribution in [0.3, 0.4) is 0 Å². The lowest BCUT2D eigenvalue weighted by atomic mass is 10.1. The largest absolute Gasteiger partial charge is 0.396 e. The zero-order chi connectivity index (χ0) is 13.5. The molecule has 1 atom stereocenters. The monoisotopic (exact) mass is 291 g/mol. The first-order valence-corrected chi connectivity index (χ1v) is 6.19. The normalized spacial score (nSPS) is 12.2. The van der Waals surface area contributed by atoms with Gasteiger partial charge in [0.05, 0.1) is 12.6 Å². The number of halogens is 2. The van der Waals surface area contributed by atoms with Gasteiger partial charge in [-0.1, -0.05) is 23.2 Å². The summed E-state index contributed by atoms with van der Waals surface area (Å²) in [6.45, 7) is 0.311. The minimum absolute atomic E-state index is 0.0232. The van der Waals surface area contributed by atoms with Crippen LogP contribution in [0.2, 0.25) is 10.0 Å². The standard InChI is InChI=1S/C12H15Cl2NO3/c1-18-7-11(2-3-16)15-12(17)8-4-9(13)6-10(14)5-8/h4-6,11,16H,2-3,7H2,1H3,(H,15,17). The highest BCUT2D eigenvalue weighted by Crippen LogP contribution is 2.19. The van der Waals surface area contributed by atoms with E-state index in [1.165, 1.54) is 19.2 Å². The van der Waals surface area contributed by atoms with E-state index in [1.807, 2.05) is 0 Å². The van der Waals surface area contributed by atoms with Gasteiger partial charge < -0.3 is 15.2 Å². The molecule has 100 valence electrons. The Balaban J connectivity index is 2.73. The van der Waals surface area contributed by atoms with E-state index in [0.29, 0.717) is 28.6 Å². The zero-order valence-electron chi connectivity index (χ0n) is 9.95. The van der Waals surface area contributed by atoms with Gasteiger partial charge in [-0.05, 0) is 24.6 Å². The number of carbonyl (C=O) groups excluding carboxylic acids is 1. The molecule has 2 N–H and O–H groups in total. The molecule has 0 aliphatic carbocycles. The van der Waals surface area contributed by atoms with Crippen molar-refractivity contribution in [1.82, 2.24) is 5.32 Å². The number of ether oxygens (including phenoxy) is 1. The van der Waals surface area contributed by atoms with Crippen molar-refractivity contribution in [1.29, 1.82) is 0 Å². The van der Waals surface area contributed by atoms with Crippen LogP contribution in [0, 0.1) is 0 Å². The lowest BCUT2D eigenvalue weighted by Crippen LogP contribution is -2.38. The first-order chi connectivity index (χ1) is 8.56. The topological polar surface area (TPSA) is 58.6 Å². The summed E-state index contributed by atoms with van der Waals surface area (Å²) in [6.07, 6.45) is 0.424. The summed E-state index contributed by atoms with van der Waals surface area (Å²) in [5.74, 6) is -0.296. The Morgan fingerprint density at radius 1 is 1.39 bits per heavy atom. The Kier molecular flexibility index (Phi) is 6.43. The van der Waals surface area contributed by atoms with Crippen molar-refractivity contribution in [3.63, 3.8) is 0 Å². The molecule has 1 rings (SSSR count). The molecule has 0 saturated carbocycles. The van der Waals surface area contributed by atoms with Gasteiger partial charge in [-0.2, -0.15) is 0 Å². The molecule has 0 aromatic heterocycles. The van der Waals surface area contributed by atoms with Crippen LogP contribution in [0.1, 0.15) is 16.8 Å². The molecular weight excluding hydrogens is 277 g/mol. The van der Waals surface area contributed by atoms with Gasteiger partial charge in [0, 0.05) is 29.3 Å². The molecule has 1 aromatic rings. The average Bonchev–Trinajstić information content (AvgIpc) is 2.28. The van der Waals surface area contributed by atoms with Crippen LogP contribution in [0.15, 0.2) is 18.2 Å². The first kappa shape index (κ1) is 15.2. The third-order valence-corrected chi connectivity index (χ3v) is 2.74. The molecule has 0 heterocycles. The van der Waals surface area contributed by atoms with Crippen molar-refractivity contribution in [2.45, 2.75) is 12.5 Å². The van der Waals surface area contributed by atoms with Crippen molar-refractivity contribution in [2.24, 2.45) is 0 Å². The van der Waals surface area contributed by atoms with Crippen LogP contribution in [-0.2, 0) is 4.74 Å². The SMILES string of the molecule is COCC(CCO)NC(=O)c1cc(Cl)cc(Cl)c1. The fourth-order valence-corrected chi connectivity index (χ4v) is 2.03. The number of carbonyl (C=O) groups is 1. The molecule has 4 nitrogen and oxygen atoms in total. The number of amides is 1. The fraction of sp³-hybridized carbons (Fsp3) is 0.417. The molecule has 0 aliphatic heterocycles. The maximum absolute atomic E-state index is 11.9. The lowest BCUT2D eigenvalue weighted by molar-refractivity contribution is 0.0878. The molecule has 1 amide bonds. The molecule has 1 unspecified atom stereocenters. The summed E-state index contributed by atoms with van der Waals surface area (Å²) in [7, 11) is 1.53. The Labute approximate surface area is 116 Å². The van der Waals surface area contributed by atoms with Crippen LogP contribution < -0.4 is 5.32 Å². The van der Waals surface area contributed by atoms with Crippen molar-refractivity contribution in [2.75, 3.05) is 20.3 Å². The Morgan fingerprint density at radius 3 is 2.50 bits per heavy atom. The molecule has 0 bridgehead atoms. The second-order valence-corrected chi connectivity index (χ2v) is 4.67. The van der Waals surface area contributed by atoms with Gasteiger partial charge in [-0.15, -0.1) is 0 Å². The van der Waals surface area contributed by atoms with Crippen LogP contribution in [0.4, 0.5) is 0 Å². The Morgan fingerprint density at radius 2 is 2.00 bits per heavy atom. The Bertz CT molecular complexity index is 386. The van der Waals surface area contributed by atoms with Gasteiger partial charge in [0.1, 0.15) is 0 Å². The van der Waals surface area contributed by atoms with Crippen molar-refractivity contribution >= 4 is 29.1 Å². The summed E-state index contributed by atoms with van der Waals surface area (Å²) in [5, 5.41) is 12.4. The zero-order valence-corrected chi connectivity index (χ0v) is 11.5. The van der Waals surface area contributed by atoms with Crippen LogP contribution in [0.5, 0.6) is 0 Å². The maximum atomic E-state index is 11.9. The third kappa shape index (κ3) is 4.82. The van der Waals surface area contributed by atoms with E-state index >= 15 is 0 Å². The number of benzene rings is 1. The first-order valence-electron chi connectivity index (χ1n) is 5.43. The summed E-state index contributed by atoms with van der Waals surface area (Å²) >= 11 is 11.6.